The average molecular weight is 386 g/mol. The van der Waals surface area contributed by atoms with Crippen molar-refractivity contribution in [1.29, 1.82) is 0 Å². The van der Waals surface area contributed by atoms with Gasteiger partial charge in [-0.05, 0) is 48.7 Å². The molecule has 1 unspecified atom stereocenters. The van der Waals surface area contributed by atoms with E-state index in [1.165, 1.54) is 34.4 Å². The van der Waals surface area contributed by atoms with Crippen molar-refractivity contribution < 1.29 is 14.0 Å². The fraction of sp³-hybridized carbons (Fsp3) is 0.333. The van der Waals surface area contributed by atoms with Gasteiger partial charge in [0.05, 0.1) is 0 Å². The van der Waals surface area contributed by atoms with Crippen LogP contribution in [-0.4, -0.2) is 29.1 Å². The quantitative estimate of drug-likeness (QED) is 0.569. The van der Waals surface area contributed by atoms with Gasteiger partial charge >= 0.3 is 6.03 Å². The van der Waals surface area contributed by atoms with Gasteiger partial charge in [-0.3, -0.25) is 9.69 Å². The SMILES string of the molecule is CCCc1ccc(C2(C)NC(=O)N(CCSc3ccc(F)cc3)C2=O)cc1. The van der Waals surface area contributed by atoms with Crippen LogP contribution in [0.25, 0.3) is 0 Å². The van der Waals surface area contributed by atoms with Gasteiger partial charge in [0.1, 0.15) is 11.4 Å². The predicted octanol–water partition coefficient (Wildman–Crippen LogP) is 4.34. The third-order valence-corrected chi connectivity index (χ3v) is 5.73. The summed E-state index contributed by atoms with van der Waals surface area (Å²) in [7, 11) is 0. The first kappa shape index (κ1) is 19.4. The second-order valence-electron chi connectivity index (χ2n) is 6.76. The number of aryl methyl sites for hydroxylation is 1. The van der Waals surface area contributed by atoms with Gasteiger partial charge in [-0.15, -0.1) is 11.8 Å². The van der Waals surface area contributed by atoms with Crippen LogP contribution in [0, 0.1) is 5.82 Å². The second kappa shape index (κ2) is 8.13. The molecule has 2 aromatic rings. The fourth-order valence-corrected chi connectivity index (χ4v) is 4.01. The predicted molar refractivity (Wildman–Crippen MR) is 105 cm³/mol. The summed E-state index contributed by atoms with van der Waals surface area (Å²) >= 11 is 1.48. The zero-order valence-corrected chi connectivity index (χ0v) is 16.3. The number of benzene rings is 2. The smallest absolute Gasteiger partial charge is 0.319 e. The summed E-state index contributed by atoms with van der Waals surface area (Å²) in [6.45, 7) is 4.17. The molecule has 1 N–H and O–H groups in total. The third kappa shape index (κ3) is 4.16. The van der Waals surface area contributed by atoms with Gasteiger partial charge < -0.3 is 5.32 Å². The molecule has 3 rings (SSSR count). The number of hydrogen-bond acceptors (Lipinski definition) is 3. The summed E-state index contributed by atoms with van der Waals surface area (Å²) in [5.74, 6) is 0.0284. The van der Waals surface area contributed by atoms with Gasteiger partial charge in [0, 0.05) is 17.2 Å². The Labute approximate surface area is 163 Å². The van der Waals surface area contributed by atoms with E-state index in [2.05, 4.69) is 12.2 Å². The summed E-state index contributed by atoms with van der Waals surface area (Å²) in [6, 6.07) is 13.7. The number of nitrogens with zero attached hydrogens (tertiary/aromatic N) is 1. The lowest BCUT2D eigenvalue weighted by Crippen LogP contribution is -2.41. The number of hydrogen-bond donors (Lipinski definition) is 1. The van der Waals surface area contributed by atoms with Crippen LogP contribution in [0.15, 0.2) is 53.4 Å². The molecule has 27 heavy (non-hydrogen) atoms. The molecule has 1 fully saturated rings. The van der Waals surface area contributed by atoms with Gasteiger partial charge in [0.25, 0.3) is 5.91 Å². The van der Waals surface area contributed by atoms with E-state index >= 15 is 0 Å². The first-order chi connectivity index (χ1) is 12.9. The molecule has 0 saturated carbocycles. The Balaban J connectivity index is 1.65. The Morgan fingerprint density at radius 1 is 1.07 bits per heavy atom. The van der Waals surface area contributed by atoms with E-state index in [4.69, 9.17) is 0 Å². The number of urea groups is 1. The maximum absolute atomic E-state index is 13.0. The zero-order chi connectivity index (χ0) is 19.4. The Morgan fingerprint density at radius 3 is 2.37 bits per heavy atom. The van der Waals surface area contributed by atoms with Crippen LogP contribution in [0.5, 0.6) is 0 Å². The van der Waals surface area contributed by atoms with Crippen LogP contribution < -0.4 is 5.32 Å². The van der Waals surface area contributed by atoms with Gasteiger partial charge in [-0.2, -0.15) is 0 Å². The number of nitrogens with one attached hydrogen (secondary N) is 1. The number of carbonyl (C=O) groups is 2. The van der Waals surface area contributed by atoms with Crippen molar-refractivity contribution in [2.24, 2.45) is 0 Å². The molecular formula is C21H23FN2O2S. The molecule has 0 radical (unpaired) electrons. The zero-order valence-electron chi connectivity index (χ0n) is 15.5. The van der Waals surface area contributed by atoms with Crippen LogP contribution in [0.3, 0.4) is 0 Å². The lowest BCUT2D eigenvalue weighted by Gasteiger charge is -2.22. The number of amides is 3. The monoisotopic (exact) mass is 386 g/mol. The minimum Gasteiger partial charge on any atom is -0.319 e. The molecule has 1 heterocycles. The Hall–Kier alpha value is -2.34. The molecule has 0 bridgehead atoms. The number of halogens is 1. The van der Waals surface area contributed by atoms with Gasteiger partial charge in [0.15, 0.2) is 0 Å². The number of rotatable bonds is 7. The first-order valence-corrected chi connectivity index (χ1v) is 10.0. The van der Waals surface area contributed by atoms with Crippen molar-refractivity contribution >= 4 is 23.7 Å². The highest BCUT2D eigenvalue weighted by atomic mass is 32.2. The van der Waals surface area contributed by atoms with E-state index in [1.807, 2.05) is 24.3 Å². The largest absolute Gasteiger partial charge is 0.325 e. The molecule has 4 nitrogen and oxygen atoms in total. The minimum absolute atomic E-state index is 0.240. The normalized spacial score (nSPS) is 19.4. The maximum Gasteiger partial charge on any atom is 0.325 e. The van der Waals surface area contributed by atoms with Gasteiger partial charge in [-0.1, -0.05) is 37.6 Å². The van der Waals surface area contributed by atoms with E-state index in [0.29, 0.717) is 12.3 Å². The van der Waals surface area contributed by atoms with Crippen molar-refractivity contribution in [3.63, 3.8) is 0 Å². The van der Waals surface area contributed by atoms with Crippen molar-refractivity contribution in [3.05, 3.63) is 65.5 Å². The Kier molecular flexibility index (Phi) is 5.85. The number of carbonyl (C=O) groups excluding carboxylic acids is 2. The summed E-state index contributed by atoms with van der Waals surface area (Å²) < 4.78 is 13.0. The van der Waals surface area contributed by atoms with E-state index in [0.717, 1.165) is 23.3 Å². The van der Waals surface area contributed by atoms with Crippen molar-refractivity contribution in [1.82, 2.24) is 10.2 Å². The average Bonchev–Trinajstić information content (AvgIpc) is 2.88. The highest BCUT2D eigenvalue weighted by Crippen LogP contribution is 2.29. The number of imide groups is 1. The second-order valence-corrected chi connectivity index (χ2v) is 7.93. The van der Waals surface area contributed by atoms with E-state index in [-0.39, 0.29) is 17.8 Å². The van der Waals surface area contributed by atoms with E-state index in [9.17, 15) is 14.0 Å². The minimum atomic E-state index is -1.04. The topological polar surface area (TPSA) is 49.4 Å². The Bertz CT molecular complexity index is 823. The van der Waals surface area contributed by atoms with Crippen LogP contribution >= 0.6 is 11.8 Å². The molecule has 1 atom stereocenters. The Morgan fingerprint density at radius 2 is 1.74 bits per heavy atom. The highest BCUT2D eigenvalue weighted by Gasteiger charge is 2.48. The molecule has 1 aliphatic rings. The van der Waals surface area contributed by atoms with Crippen molar-refractivity contribution in [2.75, 3.05) is 12.3 Å². The third-order valence-electron chi connectivity index (χ3n) is 4.74. The molecule has 0 aliphatic carbocycles. The van der Waals surface area contributed by atoms with Gasteiger partial charge in [-0.25, -0.2) is 9.18 Å². The van der Waals surface area contributed by atoms with Gasteiger partial charge in [0.2, 0.25) is 0 Å². The van der Waals surface area contributed by atoms with Crippen molar-refractivity contribution in [3.8, 4) is 0 Å². The molecular weight excluding hydrogens is 363 g/mol. The molecule has 1 aliphatic heterocycles. The summed E-state index contributed by atoms with van der Waals surface area (Å²) in [5.41, 5.74) is 0.964. The number of thioether (sulfide) groups is 1. The molecule has 3 amide bonds. The molecule has 0 aromatic heterocycles. The van der Waals surface area contributed by atoms with Crippen LogP contribution in [0.2, 0.25) is 0 Å². The summed E-state index contributed by atoms with van der Waals surface area (Å²) in [6.07, 6.45) is 2.05. The summed E-state index contributed by atoms with van der Waals surface area (Å²) in [5, 5.41) is 2.83. The van der Waals surface area contributed by atoms with Crippen LogP contribution in [0.4, 0.5) is 9.18 Å². The summed E-state index contributed by atoms with van der Waals surface area (Å²) in [4.78, 5) is 27.4. The highest BCUT2D eigenvalue weighted by molar-refractivity contribution is 7.99. The molecule has 142 valence electrons. The van der Waals surface area contributed by atoms with E-state index in [1.54, 1.807) is 19.1 Å². The molecule has 6 heteroatoms. The standard InChI is InChI=1S/C21H23FN2O2S/c1-3-4-15-5-7-16(8-6-15)21(2)19(25)24(20(26)23-21)13-14-27-18-11-9-17(22)10-12-18/h5-12H,3-4,13-14H2,1-2H3,(H,23,26). The van der Waals surface area contributed by atoms with Crippen LogP contribution in [-0.2, 0) is 16.8 Å². The van der Waals surface area contributed by atoms with Crippen LogP contribution in [0.1, 0.15) is 31.4 Å². The molecule has 0 spiro atoms. The van der Waals surface area contributed by atoms with E-state index < -0.39 is 5.54 Å². The maximum atomic E-state index is 13.0. The van der Waals surface area contributed by atoms with Crippen molar-refractivity contribution in [2.45, 2.75) is 37.1 Å². The fourth-order valence-electron chi connectivity index (χ4n) is 3.17. The first-order valence-electron chi connectivity index (χ1n) is 9.06. The lowest BCUT2D eigenvalue weighted by molar-refractivity contribution is -0.130. The molecule has 2 aromatic carbocycles. The molecule has 1 saturated heterocycles. The lowest BCUT2D eigenvalue weighted by atomic mass is 9.91.